The van der Waals surface area contributed by atoms with E-state index in [0.29, 0.717) is 4.48 Å². The van der Waals surface area contributed by atoms with Gasteiger partial charge in [0.15, 0.2) is 6.04 Å². The molecule has 0 aliphatic heterocycles. The van der Waals surface area contributed by atoms with Crippen LogP contribution in [0.25, 0.3) is 0 Å². The molecule has 0 saturated heterocycles. The van der Waals surface area contributed by atoms with Crippen molar-refractivity contribution in [3.63, 3.8) is 0 Å². The maximum Gasteiger partial charge on any atom is 0.367 e. The standard InChI is InChI=1S/C30H46NO3/c1-5-6-7-8-9-10-11-12-14-17-27-20-22-29(23-21-27)33-25-34-30(32)26(2)31(3,4)24-28-18-15-13-16-19-28/h13,15-16,18-23,26H,5-12,14,17,24-25H2,1-4H3/q+1. The van der Waals surface area contributed by atoms with E-state index in [1.807, 2.05) is 51.4 Å². The highest BCUT2D eigenvalue weighted by atomic mass is 16.7. The topological polar surface area (TPSA) is 35.5 Å². The molecule has 0 aromatic heterocycles. The number of hydrogen-bond donors (Lipinski definition) is 0. The van der Waals surface area contributed by atoms with Crippen LogP contribution in [0.4, 0.5) is 0 Å². The summed E-state index contributed by atoms with van der Waals surface area (Å²) in [6.45, 7) is 4.88. The summed E-state index contributed by atoms with van der Waals surface area (Å²) in [5, 5.41) is 0. The second kappa shape index (κ2) is 15.5. The molecule has 1 atom stereocenters. The zero-order chi connectivity index (χ0) is 24.7. The molecule has 0 bridgehead atoms. The van der Waals surface area contributed by atoms with Gasteiger partial charge in [-0.2, -0.15) is 0 Å². The number of aryl methyl sites for hydroxylation is 1. The summed E-state index contributed by atoms with van der Waals surface area (Å²) in [7, 11) is 4.10. The molecule has 0 amide bonds. The maximum atomic E-state index is 12.6. The molecule has 4 nitrogen and oxygen atoms in total. The van der Waals surface area contributed by atoms with Crippen LogP contribution >= 0.6 is 0 Å². The third-order valence-corrected chi connectivity index (χ3v) is 6.74. The number of nitrogens with zero attached hydrogens (tertiary/aromatic N) is 1. The average Bonchev–Trinajstić information content (AvgIpc) is 2.83. The lowest BCUT2D eigenvalue weighted by molar-refractivity contribution is -0.917. The van der Waals surface area contributed by atoms with E-state index < -0.39 is 0 Å². The fourth-order valence-corrected chi connectivity index (χ4v) is 4.14. The predicted molar refractivity (Wildman–Crippen MR) is 141 cm³/mol. The van der Waals surface area contributed by atoms with Crippen LogP contribution in [0, 0.1) is 0 Å². The fraction of sp³-hybridized carbons (Fsp3) is 0.567. The zero-order valence-electron chi connectivity index (χ0n) is 21.9. The Morgan fingerprint density at radius 1 is 0.794 bits per heavy atom. The van der Waals surface area contributed by atoms with Gasteiger partial charge in [0.25, 0.3) is 0 Å². The third kappa shape index (κ3) is 10.7. The number of benzene rings is 2. The molecule has 4 heteroatoms. The van der Waals surface area contributed by atoms with Gasteiger partial charge < -0.3 is 14.0 Å². The molecule has 2 rings (SSSR count). The Morgan fingerprint density at radius 3 is 2.00 bits per heavy atom. The molecular weight excluding hydrogens is 422 g/mol. The Hall–Kier alpha value is -2.33. The Labute approximate surface area is 207 Å². The van der Waals surface area contributed by atoms with E-state index in [9.17, 15) is 4.79 Å². The van der Waals surface area contributed by atoms with Gasteiger partial charge in [0.1, 0.15) is 12.3 Å². The first-order valence-corrected chi connectivity index (χ1v) is 13.2. The van der Waals surface area contributed by atoms with Crippen LogP contribution in [0.1, 0.15) is 82.8 Å². The van der Waals surface area contributed by atoms with E-state index >= 15 is 0 Å². The van der Waals surface area contributed by atoms with Gasteiger partial charge in [0.2, 0.25) is 6.79 Å². The molecule has 0 fully saturated rings. The number of likely N-dealkylation sites (N-methyl/N-ethyl adjacent to an activating group) is 1. The third-order valence-electron chi connectivity index (χ3n) is 6.74. The highest BCUT2D eigenvalue weighted by Gasteiger charge is 2.32. The molecule has 188 valence electrons. The molecule has 2 aromatic carbocycles. The SMILES string of the molecule is CCCCCCCCCCCc1ccc(OCOC(=O)C(C)[N+](C)(C)Cc2ccccc2)cc1. The number of unbranched alkanes of at least 4 members (excludes halogenated alkanes) is 8. The van der Waals surface area contributed by atoms with Crippen LogP contribution in [-0.2, 0) is 22.5 Å². The minimum atomic E-state index is -0.289. The van der Waals surface area contributed by atoms with E-state index in [1.165, 1.54) is 68.9 Å². The van der Waals surface area contributed by atoms with Crippen LogP contribution in [0.5, 0.6) is 5.75 Å². The monoisotopic (exact) mass is 468 g/mol. The Morgan fingerprint density at radius 2 is 1.38 bits per heavy atom. The summed E-state index contributed by atoms with van der Waals surface area (Å²) in [5.74, 6) is 0.484. The van der Waals surface area contributed by atoms with Gasteiger partial charge in [-0.3, -0.25) is 0 Å². The highest BCUT2D eigenvalue weighted by molar-refractivity contribution is 5.74. The lowest BCUT2D eigenvalue weighted by atomic mass is 10.0. The molecule has 34 heavy (non-hydrogen) atoms. The van der Waals surface area contributed by atoms with Crippen molar-refractivity contribution in [1.82, 2.24) is 0 Å². The lowest BCUT2D eigenvalue weighted by Gasteiger charge is -2.34. The van der Waals surface area contributed by atoms with Crippen molar-refractivity contribution >= 4 is 5.97 Å². The normalized spacial score (nSPS) is 12.4. The van der Waals surface area contributed by atoms with Crippen LogP contribution in [0.3, 0.4) is 0 Å². The first-order valence-electron chi connectivity index (χ1n) is 13.2. The summed E-state index contributed by atoms with van der Waals surface area (Å²) in [5.41, 5.74) is 2.53. The van der Waals surface area contributed by atoms with Gasteiger partial charge in [-0.25, -0.2) is 4.79 Å². The van der Waals surface area contributed by atoms with Gasteiger partial charge in [-0.1, -0.05) is 101 Å². The first-order chi connectivity index (χ1) is 16.4. The second-order valence-electron chi connectivity index (χ2n) is 10.0. The molecule has 0 N–H and O–H groups in total. The number of carbonyl (C=O) groups is 1. The van der Waals surface area contributed by atoms with Crippen LogP contribution < -0.4 is 4.74 Å². The van der Waals surface area contributed by atoms with E-state index in [1.54, 1.807) is 0 Å². The van der Waals surface area contributed by atoms with E-state index in [2.05, 4.69) is 31.2 Å². The summed E-state index contributed by atoms with van der Waals surface area (Å²) in [6.07, 6.45) is 13.3. The number of carbonyl (C=O) groups excluding carboxylic acids is 1. The molecule has 0 saturated carbocycles. The molecule has 1 unspecified atom stereocenters. The Balaban J connectivity index is 1.62. The number of hydrogen-bond acceptors (Lipinski definition) is 3. The highest BCUT2D eigenvalue weighted by Crippen LogP contribution is 2.17. The van der Waals surface area contributed by atoms with Gasteiger partial charge in [-0.05, 0) is 37.5 Å². The quantitative estimate of drug-likeness (QED) is 0.106. The maximum absolute atomic E-state index is 12.6. The van der Waals surface area contributed by atoms with Crippen molar-refractivity contribution in [1.29, 1.82) is 0 Å². The molecule has 0 aliphatic rings. The lowest BCUT2D eigenvalue weighted by Crippen LogP contribution is -2.51. The van der Waals surface area contributed by atoms with Gasteiger partial charge >= 0.3 is 5.97 Å². The first kappa shape index (κ1) is 27.9. The zero-order valence-corrected chi connectivity index (χ0v) is 21.9. The minimum absolute atomic E-state index is 0.0634. The van der Waals surface area contributed by atoms with Crippen molar-refractivity contribution < 1.29 is 18.8 Å². The summed E-state index contributed by atoms with van der Waals surface area (Å²) in [6, 6.07) is 18.1. The average molecular weight is 469 g/mol. The molecule has 0 heterocycles. The molecule has 0 aliphatic carbocycles. The number of quaternary nitrogens is 1. The van der Waals surface area contributed by atoms with Gasteiger partial charge in [0.05, 0.1) is 14.1 Å². The number of rotatable bonds is 17. The van der Waals surface area contributed by atoms with Crippen LogP contribution in [-0.4, -0.2) is 37.4 Å². The second-order valence-corrected chi connectivity index (χ2v) is 10.0. The van der Waals surface area contributed by atoms with Gasteiger partial charge in [-0.15, -0.1) is 0 Å². The van der Waals surface area contributed by atoms with Gasteiger partial charge in [0, 0.05) is 5.56 Å². The summed E-state index contributed by atoms with van der Waals surface area (Å²) in [4.78, 5) is 12.6. The van der Waals surface area contributed by atoms with E-state index in [4.69, 9.17) is 9.47 Å². The van der Waals surface area contributed by atoms with E-state index in [-0.39, 0.29) is 18.8 Å². The van der Waals surface area contributed by atoms with Crippen molar-refractivity contribution in [3.05, 3.63) is 65.7 Å². The van der Waals surface area contributed by atoms with Crippen LogP contribution in [0.2, 0.25) is 0 Å². The van der Waals surface area contributed by atoms with Crippen molar-refractivity contribution in [2.75, 3.05) is 20.9 Å². The Kier molecular flexibility index (Phi) is 12.8. The molecule has 2 aromatic rings. The summed E-state index contributed by atoms with van der Waals surface area (Å²) < 4.78 is 11.6. The predicted octanol–water partition coefficient (Wildman–Crippen LogP) is 7.30. The number of ether oxygens (including phenoxy) is 2. The smallest absolute Gasteiger partial charge is 0.367 e. The minimum Gasteiger partial charge on any atom is -0.457 e. The summed E-state index contributed by atoms with van der Waals surface area (Å²) >= 11 is 0. The van der Waals surface area contributed by atoms with Crippen molar-refractivity contribution in [2.45, 2.75) is 90.6 Å². The van der Waals surface area contributed by atoms with Crippen molar-refractivity contribution in [2.24, 2.45) is 0 Å². The van der Waals surface area contributed by atoms with Crippen molar-refractivity contribution in [3.8, 4) is 5.75 Å². The largest absolute Gasteiger partial charge is 0.457 e. The number of esters is 1. The van der Waals surface area contributed by atoms with Crippen LogP contribution in [0.15, 0.2) is 54.6 Å². The molecule has 0 radical (unpaired) electrons. The van der Waals surface area contributed by atoms with E-state index in [0.717, 1.165) is 18.7 Å². The molecule has 0 spiro atoms. The fourth-order valence-electron chi connectivity index (χ4n) is 4.14. The molecular formula is C30H46NO3+. The Bertz CT molecular complexity index is 802.